The minimum Gasteiger partial charge on any atom is -0.492 e. The van der Waals surface area contributed by atoms with E-state index < -0.39 is 0 Å². The fraction of sp³-hybridized carbons (Fsp3) is 0. The van der Waals surface area contributed by atoms with Crippen LogP contribution < -0.4 is 0 Å². The number of aromatic amines is 2. The van der Waals surface area contributed by atoms with E-state index in [0.717, 1.165) is 32.2 Å². The van der Waals surface area contributed by atoms with Crippen LogP contribution in [-0.2, 0) is 0 Å². The molecular formula is C21H13BrN4O2. The molecular weight excluding hydrogens is 420 g/mol. The highest BCUT2D eigenvalue weighted by molar-refractivity contribution is 9.10. The largest absolute Gasteiger partial charge is 0.492 e. The van der Waals surface area contributed by atoms with E-state index in [4.69, 9.17) is 0 Å². The Hall–Kier alpha value is -3.45. The lowest BCUT2D eigenvalue weighted by Gasteiger charge is -1.98. The second-order valence-corrected chi connectivity index (χ2v) is 7.33. The number of carbonyl (C=O) groups excluding carboxylic acids is 1. The Morgan fingerprint density at radius 2 is 2.04 bits per heavy atom. The van der Waals surface area contributed by atoms with Gasteiger partial charge in [0.25, 0.3) is 0 Å². The molecule has 3 N–H and O–H groups in total. The third kappa shape index (κ3) is 2.68. The van der Waals surface area contributed by atoms with Gasteiger partial charge in [-0.15, -0.1) is 0 Å². The van der Waals surface area contributed by atoms with Crippen LogP contribution in [0.15, 0.2) is 58.1 Å². The maximum absolute atomic E-state index is 12.9. The van der Waals surface area contributed by atoms with Gasteiger partial charge in [-0.3, -0.25) is 9.79 Å². The van der Waals surface area contributed by atoms with Gasteiger partial charge >= 0.3 is 0 Å². The van der Waals surface area contributed by atoms with E-state index >= 15 is 0 Å². The van der Waals surface area contributed by atoms with Gasteiger partial charge in [0.1, 0.15) is 5.69 Å². The average molecular weight is 433 g/mol. The van der Waals surface area contributed by atoms with Gasteiger partial charge < -0.3 is 15.1 Å². The number of carbonyl (C=O) groups is 1. The normalized spacial score (nSPS) is 14.1. The maximum Gasteiger partial charge on any atom is 0.237 e. The molecule has 28 heavy (non-hydrogen) atoms. The Kier molecular flexibility index (Phi) is 3.77. The van der Waals surface area contributed by atoms with Crippen molar-refractivity contribution in [3.05, 3.63) is 75.8 Å². The molecule has 3 heterocycles. The molecule has 1 aliphatic heterocycles. The number of hydrogen-bond donors (Lipinski definition) is 3. The van der Waals surface area contributed by atoms with E-state index in [1.807, 2.05) is 42.5 Å². The number of halogens is 1. The molecule has 2 aromatic carbocycles. The number of nitrogens with one attached hydrogen (secondary N) is 2. The number of allylic oxidation sites excluding steroid dienone is 1. The summed E-state index contributed by atoms with van der Waals surface area (Å²) >= 11 is 3.43. The van der Waals surface area contributed by atoms with Crippen molar-refractivity contribution in [3.63, 3.8) is 0 Å². The van der Waals surface area contributed by atoms with Gasteiger partial charge in [0.15, 0.2) is 5.82 Å². The van der Waals surface area contributed by atoms with Gasteiger partial charge in [-0.2, -0.15) is 4.98 Å². The molecule has 4 aromatic rings. The third-order valence-corrected chi connectivity index (χ3v) is 5.17. The quantitative estimate of drug-likeness (QED) is 0.404. The van der Waals surface area contributed by atoms with Crippen LogP contribution in [0.1, 0.15) is 27.4 Å². The first-order valence-corrected chi connectivity index (χ1v) is 9.35. The number of benzene rings is 2. The fourth-order valence-electron chi connectivity index (χ4n) is 3.30. The van der Waals surface area contributed by atoms with Crippen LogP contribution >= 0.6 is 15.9 Å². The highest BCUT2D eigenvalue weighted by Gasteiger charge is 2.20. The van der Waals surface area contributed by atoms with Gasteiger partial charge in [-0.05, 0) is 30.3 Å². The molecule has 0 saturated heterocycles. The van der Waals surface area contributed by atoms with Crippen molar-refractivity contribution in [2.45, 2.75) is 0 Å². The number of rotatable bonds is 3. The Balaban J connectivity index is 1.53. The van der Waals surface area contributed by atoms with Crippen molar-refractivity contribution >= 4 is 56.2 Å². The number of fused-ring (bicyclic) bond motifs is 2. The van der Waals surface area contributed by atoms with Crippen LogP contribution in [-0.4, -0.2) is 32.1 Å². The minimum atomic E-state index is -0.301. The van der Waals surface area contributed by atoms with E-state index in [0.29, 0.717) is 11.3 Å². The molecule has 0 radical (unpaired) electrons. The maximum atomic E-state index is 12.9. The molecule has 0 saturated carbocycles. The monoisotopic (exact) mass is 432 g/mol. The van der Waals surface area contributed by atoms with Crippen LogP contribution in [0.5, 0.6) is 5.88 Å². The van der Waals surface area contributed by atoms with E-state index in [9.17, 15) is 9.90 Å². The molecule has 0 bridgehead atoms. The summed E-state index contributed by atoms with van der Waals surface area (Å²) in [6.07, 6.45) is 5.11. The zero-order valence-corrected chi connectivity index (χ0v) is 16.0. The number of nitrogens with zero attached hydrogens (tertiary/aromatic N) is 2. The number of imidazole rings is 1. The molecule has 0 unspecified atom stereocenters. The predicted molar refractivity (Wildman–Crippen MR) is 112 cm³/mol. The summed E-state index contributed by atoms with van der Waals surface area (Å²) in [7, 11) is 0. The first kappa shape index (κ1) is 16.7. The van der Waals surface area contributed by atoms with Gasteiger partial charge in [-0.25, -0.2) is 0 Å². The number of hydrogen-bond acceptors (Lipinski definition) is 4. The lowest BCUT2D eigenvalue weighted by atomic mass is 10.1. The number of aliphatic imine (C=N–C) groups is 1. The molecule has 0 fully saturated rings. The summed E-state index contributed by atoms with van der Waals surface area (Å²) in [5.41, 5.74) is 4.37. The number of para-hydroxylation sites is 1. The summed E-state index contributed by atoms with van der Waals surface area (Å²) in [4.78, 5) is 27.3. The summed E-state index contributed by atoms with van der Waals surface area (Å²) in [5.74, 6) is -0.451. The number of H-pyrrole nitrogens is 2. The summed E-state index contributed by atoms with van der Waals surface area (Å²) in [6, 6.07) is 13.4. The Labute approximate surface area is 167 Å². The van der Waals surface area contributed by atoms with Crippen LogP contribution in [0.2, 0.25) is 0 Å². The van der Waals surface area contributed by atoms with Crippen molar-refractivity contribution in [2.75, 3.05) is 0 Å². The van der Waals surface area contributed by atoms with Gasteiger partial charge in [0.2, 0.25) is 11.7 Å². The van der Waals surface area contributed by atoms with Crippen molar-refractivity contribution < 1.29 is 9.90 Å². The molecule has 0 spiro atoms. The Morgan fingerprint density at radius 1 is 1.18 bits per heavy atom. The van der Waals surface area contributed by atoms with Crippen LogP contribution in [0, 0.1) is 0 Å². The Morgan fingerprint density at radius 3 is 2.93 bits per heavy atom. The van der Waals surface area contributed by atoms with E-state index in [1.54, 1.807) is 18.5 Å². The van der Waals surface area contributed by atoms with Gasteiger partial charge in [0, 0.05) is 38.9 Å². The van der Waals surface area contributed by atoms with Crippen molar-refractivity contribution in [3.8, 4) is 5.88 Å². The standard InChI is InChI=1S/C21H13BrN4O2/c22-12-5-6-17-14(8-12)15(10-24-17)19(27)20-25-18(21(28)26-20)7-11-9-23-16-4-2-1-3-13(11)16/h1-10,24,28H,(H,25,26). The Bertz CT molecular complexity index is 1310. The van der Waals surface area contributed by atoms with E-state index in [1.165, 1.54) is 0 Å². The lowest BCUT2D eigenvalue weighted by Crippen LogP contribution is -2.02. The van der Waals surface area contributed by atoms with Crippen LogP contribution in [0.4, 0.5) is 5.69 Å². The van der Waals surface area contributed by atoms with Gasteiger partial charge in [-0.1, -0.05) is 34.1 Å². The highest BCUT2D eigenvalue weighted by atomic mass is 79.9. The molecule has 5 rings (SSSR count). The van der Waals surface area contributed by atoms with Crippen molar-refractivity contribution in [1.29, 1.82) is 0 Å². The molecule has 136 valence electrons. The average Bonchev–Trinajstić information content (AvgIpc) is 3.39. The molecule has 0 aliphatic carbocycles. The summed E-state index contributed by atoms with van der Waals surface area (Å²) < 4.78 is 0.876. The van der Waals surface area contributed by atoms with Crippen molar-refractivity contribution in [2.24, 2.45) is 4.99 Å². The second kappa shape index (κ2) is 6.31. The fourth-order valence-corrected chi connectivity index (χ4v) is 3.66. The smallest absolute Gasteiger partial charge is 0.237 e. The zero-order valence-electron chi connectivity index (χ0n) is 14.4. The van der Waals surface area contributed by atoms with E-state index in [2.05, 4.69) is 35.9 Å². The molecule has 1 aliphatic rings. The number of aromatic hydroxyl groups is 1. The molecule has 2 aromatic heterocycles. The lowest BCUT2D eigenvalue weighted by molar-refractivity contribution is 0.103. The van der Waals surface area contributed by atoms with Crippen molar-refractivity contribution in [1.82, 2.24) is 15.0 Å². The zero-order chi connectivity index (χ0) is 19.3. The summed E-state index contributed by atoms with van der Waals surface area (Å²) in [6.45, 7) is 0. The van der Waals surface area contributed by atoms with E-state index in [-0.39, 0.29) is 17.5 Å². The van der Waals surface area contributed by atoms with Gasteiger partial charge in [0.05, 0.1) is 11.3 Å². The predicted octanol–water partition coefficient (Wildman–Crippen LogP) is 4.85. The minimum absolute atomic E-state index is 0.0773. The second-order valence-electron chi connectivity index (χ2n) is 6.42. The molecule has 0 amide bonds. The topological polar surface area (TPSA) is 94.1 Å². The molecule has 0 atom stereocenters. The molecule has 7 heteroatoms. The first-order valence-electron chi connectivity index (χ1n) is 8.55. The number of ketones is 1. The highest BCUT2D eigenvalue weighted by Crippen LogP contribution is 2.33. The summed E-state index contributed by atoms with van der Waals surface area (Å²) in [5, 5.41) is 11.0. The SMILES string of the molecule is O=C(c1nc(O)c(C=C2C=Nc3ccccc32)[nH]1)c1c[nH]c2ccc(Br)cc12. The first-order chi connectivity index (χ1) is 13.6. The molecule has 6 nitrogen and oxygen atoms in total. The third-order valence-electron chi connectivity index (χ3n) is 4.67. The number of aromatic nitrogens is 3. The van der Waals surface area contributed by atoms with Crippen LogP contribution in [0.25, 0.3) is 22.6 Å². The van der Waals surface area contributed by atoms with Crippen LogP contribution in [0.3, 0.4) is 0 Å².